The van der Waals surface area contributed by atoms with Crippen molar-refractivity contribution in [2.75, 3.05) is 24.5 Å². The molecular weight excluding hydrogens is 598 g/mol. The lowest BCUT2D eigenvalue weighted by atomic mass is 10.0. The largest absolute Gasteiger partial charge is 0.497 e. The van der Waals surface area contributed by atoms with Crippen LogP contribution in [0.15, 0.2) is 114 Å². The summed E-state index contributed by atoms with van der Waals surface area (Å²) in [6, 6.07) is 29.9. The highest BCUT2D eigenvalue weighted by atomic mass is 35.5. The number of nitrogens with one attached hydrogen (secondary N) is 1. The normalized spacial score (nSPS) is 11.8. The van der Waals surface area contributed by atoms with E-state index in [1.54, 1.807) is 67.8 Å². The minimum Gasteiger partial charge on any atom is -0.497 e. The molecule has 0 heterocycles. The fraction of sp³-hybridized carbons (Fsp3) is 0.235. The van der Waals surface area contributed by atoms with Gasteiger partial charge in [-0.1, -0.05) is 79.2 Å². The molecule has 0 saturated carbocycles. The second-order valence-electron chi connectivity index (χ2n) is 10.2. The first-order valence-corrected chi connectivity index (χ1v) is 16.1. The molecule has 0 unspecified atom stereocenters. The van der Waals surface area contributed by atoms with Gasteiger partial charge in [-0.25, -0.2) is 8.42 Å². The van der Waals surface area contributed by atoms with E-state index in [9.17, 15) is 18.0 Å². The number of sulfonamides is 1. The molecule has 0 aliphatic rings. The summed E-state index contributed by atoms with van der Waals surface area (Å²) in [5, 5.41) is 3.36. The van der Waals surface area contributed by atoms with E-state index >= 15 is 0 Å². The predicted molar refractivity (Wildman–Crippen MR) is 173 cm³/mol. The van der Waals surface area contributed by atoms with E-state index in [-0.39, 0.29) is 29.5 Å². The monoisotopic (exact) mass is 633 g/mol. The highest BCUT2D eigenvalue weighted by Crippen LogP contribution is 2.26. The number of amides is 2. The SMILES string of the molecule is CCCNC(=O)[C@H](Cc1ccccc1)N(Cc1cccc(OC)c1)C(=O)CN(c1ccc(Cl)cc1)S(=O)(=O)c1ccccc1. The summed E-state index contributed by atoms with van der Waals surface area (Å²) in [5.41, 5.74) is 1.85. The third-order valence-corrected chi connectivity index (χ3v) is 9.07. The molecule has 230 valence electrons. The fourth-order valence-electron chi connectivity index (χ4n) is 4.74. The predicted octanol–water partition coefficient (Wildman–Crippen LogP) is 5.71. The van der Waals surface area contributed by atoms with Gasteiger partial charge in [0.15, 0.2) is 0 Å². The molecule has 0 fully saturated rings. The molecule has 4 aromatic carbocycles. The molecule has 1 atom stereocenters. The van der Waals surface area contributed by atoms with Crippen LogP contribution in [-0.4, -0.2) is 51.4 Å². The molecule has 0 aromatic heterocycles. The zero-order valence-electron chi connectivity index (χ0n) is 24.7. The minimum atomic E-state index is -4.18. The van der Waals surface area contributed by atoms with Crippen LogP contribution in [0.3, 0.4) is 0 Å². The maximum Gasteiger partial charge on any atom is 0.264 e. The summed E-state index contributed by atoms with van der Waals surface area (Å²) >= 11 is 6.12. The van der Waals surface area contributed by atoms with Crippen molar-refractivity contribution in [2.24, 2.45) is 0 Å². The van der Waals surface area contributed by atoms with Crippen LogP contribution in [0.5, 0.6) is 5.75 Å². The highest BCUT2D eigenvalue weighted by molar-refractivity contribution is 7.92. The molecule has 0 aliphatic heterocycles. The summed E-state index contributed by atoms with van der Waals surface area (Å²) in [7, 11) is -2.62. The Hall–Kier alpha value is -4.34. The molecule has 0 aliphatic carbocycles. The number of rotatable bonds is 14. The molecule has 4 rings (SSSR count). The van der Waals surface area contributed by atoms with Crippen LogP contribution in [0.2, 0.25) is 5.02 Å². The lowest BCUT2D eigenvalue weighted by Crippen LogP contribution is -2.53. The lowest BCUT2D eigenvalue weighted by Gasteiger charge is -2.34. The number of ether oxygens (including phenoxy) is 1. The first kappa shape index (κ1) is 32.6. The minimum absolute atomic E-state index is 0.0311. The van der Waals surface area contributed by atoms with Gasteiger partial charge in [-0.3, -0.25) is 13.9 Å². The molecule has 2 amide bonds. The van der Waals surface area contributed by atoms with Crippen LogP contribution < -0.4 is 14.4 Å². The number of benzene rings is 4. The number of hydrogen-bond donors (Lipinski definition) is 1. The molecule has 4 aromatic rings. The second kappa shape index (κ2) is 15.4. The van der Waals surface area contributed by atoms with Gasteiger partial charge >= 0.3 is 0 Å². The average Bonchev–Trinajstić information content (AvgIpc) is 3.05. The number of halogens is 1. The van der Waals surface area contributed by atoms with Crippen LogP contribution in [0.25, 0.3) is 0 Å². The van der Waals surface area contributed by atoms with E-state index in [1.165, 1.54) is 17.0 Å². The molecule has 44 heavy (non-hydrogen) atoms. The molecule has 8 nitrogen and oxygen atoms in total. The molecule has 1 N–H and O–H groups in total. The van der Waals surface area contributed by atoms with Crippen LogP contribution >= 0.6 is 11.6 Å². The Kier molecular flexibility index (Phi) is 11.4. The Morgan fingerprint density at radius 3 is 2.14 bits per heavy atom. The van der Waals surface area contributed by atoms with Crippen molar-refractivity contribution < 1.29 is 22.7 Å². The van der Waals surface area contributed by atoms with Crippen LogP contribution in [0.4, 0.5) is 5.69 Å². The van der Waals surface area contributed by atoms with Gasteiger partial charge < -0.3 is 15.0 Å². The van der Waals surface area contributed by atoms with Crippen molar-refractivity contribution in [3.05, 3.63) is 125 Å². The van der Waals surface area contributed by atoms with Crippen molar-refractivity contribution in [3.8, 4) is 5.75 Å². The molecule has 0 bridgehead atoms. The number of methoxy groups -OCH3 is 1. The van der Waals surface area contributed by atoms with Gasteiger partial charge in [-0.05, 0) is 66.1 Å². The Balaban J connectivity index is 1.79. The number of hydrogen-bond acceptors (Lipinski definition) is 5. The Morgan fingerprint density at radius 2 is 1.50 bits per heavy atom. The summed E-state index contributed by atoms with van der Waals surface area (Å²) in [4.78, 5) is 29.6. The van der Waals surface area contributed by atoms with Crippen LogP contribution in [0, 0.1) is 0 Å². The first-order chi connectivity index (χ1) is 21.2. The Labute approximate surface area is 264 Å². The van der Waals surface area contributed by atoms with E-state index in [2.05, 4.69) is 5.32 Å². The van der Waals surface area contributed by atoms with E-state index in [1.807, 2.05) is 43.3 Å². The third-order valence-electron chi connectivity index (χ3n) is 7.03. The van der Waals surface area contributed by atoms with E-state index in [0.717, 1.165) is 15.4 Å². The van der Waals surface area contributed by atoms with Crippen molar-refractivity contribution in [1.82, 2.24) is 10.2 Å². The highest BCUT2D eigenvalue weighted by Gasteiger charge is 2.34. The van der Waals surface area contributed by atoms with Crippen molar-refractivity contribution in [1.29, 1.82) is 0 Å². The molecule has 0 spiro atoms. The second-order valence-corrected chi connectivity index (χ2v) is 12.5. The van der Waals surface area contributed by atoms with Crippen molar-refractivity contribution >= 4 is 39.1 Å². The number of anilines is 1. The standard InChI is InChI=1S/C34H36ClN3O5S/c1-3-21-36-34(40)32(23-26-11-6-4-7-12-26)37(24-27-13-10-14-30(22-27)43-2)33(39)25-38(29-19-17-28(35)18-20-29)44(41,42)31-15-8-5-9-16-31/h4-20,22,32H,3,21,23-25H2,1-2H3,(H,36,40)/t32-/m0/s1. The number of carbonyl (C=O) groups is 2. The number of nitrogens with zero attached hydrogens (tertiary/aromatic N) is 2. The zero-order chi connectivity index (χ0) is 31.5. The van der Waals surface area contributed by atoms with Gasteiger partial charge in [0.2, 0.25) is 11.8 Å². The zero-order valence-corrected chi connectivity index (χ0v) is 26.3. The van der Waals surface area contributed by atoms with Gasteiger partial charge in [-0.15, -0.1) is 0 Å². The smallest absolute Gasteiger partial charge is 0.264 e. The van der Waals surface area contributed by atoms with Gasteiger partial charge in [-0.2, -0.15) is 0 Å². The molecule has 10 heteroatoms. The average molecular weight is 634 g/mol. The quantitative estimate of drug-likeness (QED) is 0.192. The third kappa shape index (κ3) is 8.39. The van der Waals surface area contributed by atoms with Gasteiger partial charge in [0.1, 0.15) is 18.3 Å². The van der Waals surface area contributed by atoms with Crippen molar-refractivity contribution in [3.63, 3.8) is 0 Å². The van der Waals surface area contributed by atoms with Gasteiger partial charge in [0.05, 0.1) is 17.7 Å². The maximum atomic E-state index is 14.4. The van der Waals surface area contributed by atoms with Crippen LogP contribution in [-0.2, 0) is 32.6 Å². The van der Waals surface area contributed by atoms with E-state index in [0.29, 0.717) is 23.7 Å². The maximum absolute atomic E-state index is 14.4. The summed E-state index contributed by atoms with van der Waals surface area (Å²) in [5.74, 6) is -0.273. The lowest BCUT2D eigenvalue weighted by molar-refractivity contribution is -0.140. The summed E-state index contributed by atoms with van der Waals surface area (Å²) in [6.45, 7) is 1.89. The van der Waals surface area contributed by atoms with Gasteiger partial charge in [0.25, 0.3) is 10.0 Å². The molecule has 0 radical (unpaired) electrons. The topological polar surface area (TPSA) is 96.0 Å². The molecule has 0 saturated heterocycles. The summed E-state index contributed by atoms with van der Waals surface area (Å²) in [6.07, 6.45) is 0.950. The van der Waals surface area contributed by atoms with Gasteiger partial charge in [0, 0.05) is 24.5 Å². The Morgan fingerprint density at radius 1 is 0.864 bits per heavy atom. The first-order valence-electron chi connectivity index (χ1n) is 14.3. The van der Waals surface area contributed by atoms with E-state index in [4.69, 9.17) is 16.3 Å². The van der Waals surface area contributed by atoms with E-state index < -0.39 is 28.5 Å². The van der Waals surface area contributed by atoms with Crippen LogP contribution in [0.1, 0.15) is 24.5 Å². The Bertz CT molecular complexity index is 1630. The fourth-order valence-corrected chi connectivity index (χ4v) is 6.30. The molecular formula is C34H36ClN3O5S. The number of carbonyl (C=O) groups excluding carboxylic acids is 2. The summed E-state index contributed by atoms with van der Waals surface area (Å²) < 4.78 is 34.4. The van der Waals surface area contributed by atoms with Crippen molar-refractivity contribution in [2.45, 2.75) is 37.2 Å².